The number of carbonyl (C=O) groups excluding carboxylic acids is 1. The summed E-state index contributed by atoms with van der Waals surface area (Å²) in [6.07, 6.45) is 0.404. The third-order valence-corrected chi connectivity index (χ3v) is 2.98. The number of aliphatic hydroxyl groups is 1. The second-order valence-electron chi connectivity index (χ2n) is 5.64. The molecule has 0 aromatic heterocycles. The molecule has 1 rings (SSSR count). The quantitative estimate of drug-likeness (QED) is 0.722. The molecule has 0 radical (unpaired) electrons. The zero-order valence-corrected chi connectivity index (χ0v) is 12.3. The normalized spacial score (nSPS) is 13.1. The van der Waals surface area contributed by atoms with Crippen molar-refractivity contribution in [1.82, 2.24) is 4.90 Å². The summed E-state index contributed by atoms with van der Waals surface area (Å²) in [6, 6.07) is 5.98. The summed E-state index contributed by atoms with van der Waals surface area (Å²) in [5.41, 5.74) is 5.90. The van der Waals surface area contributed by atoms with Crippen LogP contribution in [0.15, 0.2) is 24.3 Å². The summed E-state index contributed by atoms with van der Waals surface area (Å²) in [7, 11) is 0. The maximum absolute atomic E-state index is 12.3. The molecule has 0 saturated heterocycles. The van der Waals surface area contributed by atoms with Crippen LogP contribution in [0.25, 0.3) is 0 Å². The number of hydrogen-bond donors (Lipinski definition) is 3. The summed E-state index contributed by atoms with van der Waals surface area (Å²) in [4.78, 5) is 13.8. The van der Waals surface area contributed by atoms with Crippen LogP contribution in [0.4, 0.5) is 0 Å². The van der Waals surface area contributed by atoms with Gasteiger partial charge < -0.3 is 20.8 Å². The largest absolute Gasteiger partial charge is 0.508 e. The number of benzene rings is 1. The number of rotatable bonds is 6. The Morgan fingerprint density at radius 2 is 1.90 bits per heavy atom. The topological polar surface area (TPSA) is 86.8 Å². The van der Waals surface area contributed by atoms with Gasteiger partial charge >= 0.3 is 0 Å². The van der Waals surface area contributed by atoms with E-state index in [4.69, 9.17) is 5.73 Å². The van der Waals surface area contributed by atoms with Crippen molar-refractivity contribution < 1.29 is 15.0 Å². The Morgan fingerprint density at radius 1 is 1.35 bits per heavy atom. The van der Waals surface area contributed by atoms with Crippen LogP contribution in [0.5, 0.6) is 5.75 Å². The fourth-order valence-corrected chi connectivity index (χ4v) is 2.02. The lowest BCUT2D eigenvalue weighted by Crippen LogP contribution is -2.49. The van der Waals surface area contributed by atoms with Gasteiger partial charge in [-0.05, 0) is 44.9 Å². The van der Waals surface area contributed by atoms with E-state index in [2.05, 4.69) is 0 Å². The lowest BCUT2D eigenvalue weighted by molar-refractivity contribution is -0.135. The molecule has 5 heteroatoms. The van der Waals surface area contributed by atoms with Crippen molar-refractivity contribution in [1.29, 1.82) is 0 Å². The summed E-state index contributed by atoms with van der Waals surface area (Å²) in [5, 5.41) is 19.0. The molecule has 0 saturated carbocycles. The van der Waals surface area contributed by atoms with Crippen molar-refractivity contribution >= 4 is 5.91 Å². The highest BCUT2D eigenvalue weighted by molar-refractivity contribution is 5.82. The third kappa shape index (κ3) is 5.19. The lowest BCUT2D eigenvalue weighted by atomic mass is 10.0. The highest BCUT2D eigenvalue weighted by Crippen LogP contribution is 2.12. The molecule has 1 amide bonds. The second-order valence-corrected chi connectivity index (χ2v) is 5.64. The maximum atomic E-state index is 12.3. The van der Waals surface area contributed by atoms with E-state index in [9.17, 15) is 15.0 Å². The average Bonchev–Trinajstić information content (AvgIpc) is 2.36. The van der Waals surface area contributed by atoms with Crippen molar-refractivity contribution in [2.45, 2.75) is 38.8 Å². The predicted octanol–water partition coefficient (Wildman–Crippen LogP) is 0.881. The fourth-order valence-electron chi connectivity index (χ4n) is 2.02. The molecule has 0 fully saturated rings. The van der Waals surface area contributed by atoms with Gasteiger partial charge in [-0.2, -0.15) is 0 Å². The van der Waals surface area contributed by atoms with Gasteiger partial charge in [0.2, 0.25) is 5.91 Å². The van der Waals surface area contributed by atoms with E-state index in [1.54, 1.807) is 43.0 Å². The SMILES string of the molecule is CCN(CC(C)(C)O)C(=O)[C@@H](N)Cc1ccc(O)cc1. The second kappa shape index (κ2) is 6.72. The molecule has 0 bridgehead atoms. The minimum absolute atomic E-state index is 0.178. The number of phenols is 1. The molecular weight excluding hydrogens is 256 g/mol. The minimum atomic E-state index is -0.941. The molecule has 1 aromatic rings. The van der Waals surface area contributed by atoms with Gasteiger partial charge in [0.25, 0.3) is 0 Å². The van der Waals surface area contributed by atoms with Gasteiger partial charge in [-0.3, -0.25) is 4.79 Å². The maximum Gasteiger partial charge on any atom is 0.239 e. The van der Waals surface area contributed by atoms with E-state index >= 15 is 0 Å². The van der Waals surface area contributed by atoms with Gasteiger partial charge in [-0.15, -0.1) is 0 Å². The van der Waals surface area contributed by atoms with Crippen LogP contribution in [0.3, 0.4) is 0 Å². The zero-order valence-electron chi connectivity index (χ0n) is 12.3. The first-order valence-electron chi connectivity index (χ1n) is 6.77. The van der Waals surface area contributed by atoms with Crippen molar-refractivity contribution in [2.24, 2.45) is 5.73 Å². The van der Waals surface area contributed by atoms with Crippen molar-refractivity contribution in [2.75, 3.05) is 13.1 Å². The average molecular weight is 280 g/mol. The molecule has 1 atom stereocenters. The molecule has 0 spiro atoms. The first-order chi connectivity index (χ1) is 9.23. The van der Waals surface area contributed by atoms with E-state index in [-0.39, 0.29) is 18.2 Å². The van der Waals surface area contributed by atoms with Crippen LogP contribution in [0.2, 0.25) is 0 Å². The Hall–Kier alpha value is -1.59. The molecule has 20 heavy (non-hydrogen) atoms. The molecule has 0 aliphatic carbocycles. The van der Waals surface area contributed by atoms with Crippen LogP contribution in [-0.2, 0) is 11.2 Å². The van der Waals surface area contributed by atoms with Crippen molar-refractivity contribution in [3.63, 3.8) is 0 Å². The van der Waals surface area contributed by atoms with E-state index in [1.807, 2.05) is 6.92 Å². The molecule has 4 N–H and O–H groups in total. The van der Waals surface area contributed by atoms with Crippen LogP contribution < -0.4 is 5.73 Å². The Kier molecular flexibility index (Phi) is 5.53. The first kappa shape index (κ1) is 16.5. The van der Waals surface area contributed by atoms with Crippen LogP contribution in [-0.4, -0.2) is 45.8 Å². The Bertz CT molecular complexity index is 437. The number of hydrogen-bond acceptors (Lipinski definition) is 4. The number of nitrogens with zero attached hydrogens (tertiary/aromatic N) is 1. The molecule has 0 heterocycles. The van der Waals surface area contributed by atoms with Crippen LogP contribution in [0.1, 0.15) is 26.3 Å². The number of amides is 1. The van der Waals surface area contributed by atoms with Crippen LogP contribution in [0, 0.1) is 0 Å². The van der Waals surface area contributed by atoms with E-state index in [1.165, 1.54) is 0 Å². The predicted molar refractivity (Wildman–Crippen MR) is 78.3 cm³/mol. The lowest BCUT2D eigenvalue weighted by Gasteiger charge is -2.30. The van der Waals surface area contributed by atoms with E-state index < -0.39 is 11.6 Å². The summed E-state index contributed by atoms with van der Waals surface area (Å²) in [5.74, 6) is 0.00793. The van der Waals surface area contributed by atoms with E-state index in [0.29, 0.717) is 13.0 Å². The highest BCUT2D eigenvalue weighted by Gasteiger charge is 2.25. The Balaban J connectivity index is 2.67. The number of aromatic hydroxyl groups is 1. The van der Waals surface area contributed by atoms with Gasteiger partial charge in [0.05, 0.1) is 11.6 Å². The van der Waals surface area contributed by atoms with Gasteiger partial charge in [0, 0.05) is 13.1 Å². The first-order valence-corrected chi connectivity index (χ1v) is 6.77. The van der Waals surface area contributed by atoms with Gasteiger partial charge in [0.1, 0.15) is 5.75 Å². The monoisotopic (exact) mass is 280 g/mol. The number of nitrogens with two attached hydrogens (primary N) is 1. The Labute approximate surface area is 120 Å². The van der Waals surface area contributed by atoms with Gasteiger partial charge in [-0.1, -0.05) is 12.1 Å². The van der Waals surface area contributed by atoms with E-state index in [0.717, 1.165) is 5.56 Å². The van der Waals surface area contributed by atoms with Gasteiger partial charge in [-0.25, -0.2) is 0 Å². The molecule has 0 aliphatic heterocycles. The fraction of sp³-hybridized carbons (Fsp3) is 0.533. The van der Waals surface area contributed by atoms with Crippen LogP contribution >= 0.6 is 0 Å². The molecule has 112 valence electrons. The van der Waals surface area contributed by atoms with Crippen molar-refractivity contribution in [3.05, 3.63) is 29.8 Å². The standard InChI is InChI=1S/C15H24N2O3/c1-4-17(10-15(2,3)20)14(19)13(16)9-11-5-7-12(18)8-6-11/h5-8,13,18,20H,4,9-10,16H2,1-3H3/t13-/m0/s1. The molecular formula is C15H24N2O3. The highest BCUT2D eigenvalue weighted by atomic mass is 16.3. The number of carbonyl (C=O) groups is 1. The minimum Gasteiger partial charge on any atom is -0.508 e. The molecule has 0 unspecified atom stereocenters. The number of likely N-dealkylation sites (N-methyl/N-ethyl adjacent to an activating group) is 1. The van der Waals surface area contributed by atoms with Crippen molar-refractivity contribution in [3.8, 4) is 5.75 Å². The summed E-state index contributed by atoms with van der Waals surface area (Å²) >= 11 is 0. The molecule has 1 aromatic carbocycles. The zero-order chi connectivity index (χ0) is 15.3. The molecule has 5 nitrogen and oxygen atoms in total. The summed E-state index contributed by atoms with van der Waals surface area (Å²) in [6.45, 7) is 5.94. The van der Waals surface area contributed by atoms with Gasteiger partial charge in [0.15, 0.2) is 0 Å². The smallest absolute Gasteiger partial charge is 0.239 e. The molecule has 0 aliphatic rings. The Morgan fingerprint density at radius 3 is 2.35 bits per heavy atom. The summed E-state index contributed by atoms with van der Waals surface area (Å²) < 4.78 is 0. The third-order valence-electron chi connectivity index (χ3n) is 2.98. The number of phenolic OH excluding ortho intramolecular Hbond substituents is 1.